The minimum Gasteiger partial charge on any atom is -0.489 e. The maximum Gasteiger partial charge on any atom is 0.251 e. The molecule has 1 amide bonds. The van der Waals surface area contributed by atoms with E-state index in [4.69, 9.17) is 14.2 Å². The van der Waals surface area contributed by atoms with Gasteiger partial charge in [-0.2, -0.15) is 0 Å². The van der Waals surface area contributed by atoms with Crippen LogP contribution < -0.4 is 10.1 Å². The molecular weight excluding hydrogens is 284 g/mol. The first-order valence-electron chi connectivity index (χ1n) is 7.28. The smallest absolute Gasteiger partial charge is 0.251 e. The lowest BCUT2D eigenvalue weighted by Gasteiger charge is -2.22. The molecule has 0 radical (unpaired) electrons. The number of hydrogen-bond acceptors (Lipinski definition) is 5. The molecule has 1 aliphatic rings. The third kappa shape index (κ3) is 3.52. The SMILES string of the molecule is O=C(NCCOc1cccc2cccnc12)[C@@H]1COCCO1. The van der Waals surface area contributed by atoms with Crippen LogP contribution in [0.25, 0.3) is 10.9 Å². The topological polar surface area (TPSA) is 69.7 Å². The number of rotatable bonds is 5. The van der Waals surface area contributed by atoms with Crippen LogP contribution in [0, 0.1) is 0 Å². The second-order valence-electron chi connectivity index (χ2n) is 4.91. The van der Waals surface area contributed by atoms with Gasteiger partial charge in [0, 0.05) is 11.6 Å². The van der Waals surface area contributed by atoms with Gasteiger partial charge in [-0.15, -0.1) is 0 Å². The average molecular weight is 302 g/mol. The van der Waals surface area contributed by atoms with Gasteiger partial charge in [0.05, 0.1) is 26.4 Å². The number of ether oxygens (including phenoxy) is 3. The quantitative estimate of drug-likeness (QED) is 0.839. The highest BCUT2D eigenvalue weighted by Gasteiger charge is 2.21. The van der Waals surface area contributed by atoms with E-state index in [0.717, 1.165) is 10.9 Å². The van der Waals surface area contributed by atoms with Crippen LogP contribution in [-0.2, 0) is 14.3 Å². The first-order valence-corrected chi connectivity index (χ1v) is 7.28. The molecule has 0 aliphatic carbocycles. The number of carbonyl (C=O) groups excluding carboxylic acids is 1. The average Bonchev–Trinajstić information content (AvgIpc) is 2.59. The summed E-state index contributed by atoms with van der Waals surface area (Å²) in [4.78, 5) is 16.2. The van der Waals surface area contributed by atoms with Gasteiger partial charge in [-0.25, -0.2) is 0 Å². The Morgan fingerprint density at radius 3 is 3.09 bits per heavy atom. The van der Waals surface area contributed by atoms with Crippen molar-refractivity contribution in [2.75, 3.05) is 33.0 Å². The maximum atomic E-state index is 11.8. The lowest BCUT2D eigenvalue weighted by molar-refractivity contribution is -0.147. The summed E-state index contributed by atoms with van der Waals surface area (Å²) in [7, 11) is 0. The Morgan fingerprint density at radius 1 is 1.32 bits per heavy atom. The predicted molar refractivity (Wildman–Crippen MR) is 80.8 cm³/mol. The molecule has 6 nitrogen and oxygen atoms in total. The maximum absolute atomic E-state index is 11.8. The van der Waals surface area contributed by atoms with Gasteiger partial charge in [-0.05, 0) is 12.1 Å². The summed E-state index contributed by atoms with van der Waals surface area (Å²) in [6.45, 7) is 2.08. The summed E-state index contributed by atoms with van der Waals surface area (Å²) < 4.78 is 16.2. The highest BCUT2D eigenvalue weighted by Crippen LogP contribution is 2.22. The number of pyridine rings is 1. The van der Waals surface area contributed by atoms with Crippen molar-refractivity contribution >= 4 is 16.8 Å². The van der Waals surface area contributed by atoms with Crippen LogP contribution in [0.4, 0.5) is 0 Å². The molecule has 2 heterocycles. The molecule has 0 bridgehead atoms. The monoisotopic (exact) mass is 302 g/mol. The van der Waals surface area contributed by atoms with Crippen molar-refractivity contribution < 1.29 is 19.0 Å². The van der Waals surface area contributed by atoms with Crippen LogP contribution in [-0.4, -0.2) is 50.0 Å². The number of para-hydroxylation sites is 1. The molecule has 0 saturated carbocycles. The Morgan fingerprint density at radius 2 is 2.23 bits per heavy atom. The number of nitrogens with zero attached hydrogens (tertiary/aromatic N) is 1. The number of benzene rings is 1. The number of aromatic nitrogens is 1. The van der Waals surface area contributed by atoms with Crippen molar-refractivity contribution in [1.29, 1.82) is 0 Å². The molecule has 0 unspecified atom stereocenters. The molecule has 3 rings (SSSR count). The Balaban J connectivity index is 1.49. The van der Waals surface area contributed by atoms with E-state index in [1.165, 1.54) is 0 Å². The minimum atomic E-state index is -0.520. The fourth-order valence-corrected chi connectivity index (χ4v) is 2.28. The second kappa shape index (κ2) is 7.20. The van der Waals surface area contributed by atoms with Crippen LogP contribution in [0.5, 0.6) is 5.75 Å². The van der Waals surface area contributed by atoms with Crippen molar-refractivity contribution in [3.63, 3.8) is 0 Å². The van der Waals surface area contributed by atoms with Gasteiger partial charge in [0.25, 0.3) is 5.91 Å². The third-order valence-electron chi connectivity index (χ3n) is 3.36. The van der Waals surface area contributed by atoms with Gasteiger partial charge in [0.1, 0.15) is 17.9 Å². The van der Waals surface area contributed by atoms with E-state index in [9.17, 15) is 4.79 Å². The van der Waals surface area contributed by atoms with Crippen LogP contribution >= 0.6 is 0 Å². The van der Waals surface area contributed by atoms with E-state index < -0.39 is 6.10 Å². The van der Waals surface area contributed by atoms with E-state index in [1.807, 2.05) is 30.3 Å². The summed E-state index contributed by atoms with van der Waals surface area (Å²) in [6, 6.07) is 9.65. The predicted octanol–water partition coefficient (Wildman–Crippen LogP) is 1.15. The number of amides is 1. The molecular formula is C16H18N2O4. The number of hydrogen-bond donors (Lipinski definition) is 1. The molecule has 1 saturated heterocycles. The van der Waals surface area contributed by atoms with E-state index in [2.05, 4.69) is 10.3 Å². The molecule has 1 aromatic carbocycles. The summed E-state index contributed by atoms with van der Waals surface area (Å²) in [5, 5.41) is 3.81. The molecule has 1 N–H and O–H groups in total. The molecule has 0 spiro atoms. The lowest BCUT2D eigenvalue weighted by Crippen LogP contribution is -2.43. The normalized spacial score (nSPS) is 18.1. The second-order valence-corrected chi connectivity index (χ2v) is 4.91. The Hall–Kier alpha value is -2.18. The molecule has 1 atom stereocenters. The number of fused-ring (bicyclic) bond motifs is 1. The van der Waals surface area contributed by atoms with Gasteiger partial charge >= 0.3 is 0 Å². The molecule has 22 heavy (non-hydrogen) atoms. The molecule has 6 heteroatoms. The Bertz CT molecular complexity index is 636. The Kier molecular flexibility index (Phi) is 4.82. The zero-order valence-corrected chi connectivity index (χ0v) is 12.2. The van der Waals surface area contributed by atoms with Crippen LogP contribution in [0.1, 0.15) is 0 Å². The largest absolute Gasteiger partial charge is 0.489 e. The first kappa shape index (κ1) is 14.7. The standard InChI is InChI=1S/C16H18N2O4/c19-16(14-11-20-9-10-22-14)18-7-8-21-13-5-1-3-12-4-2-6-17-15(12)13/h1-6,14H,7-11H2,(H,18,19)/t14-/m0/s1. The summed E-state index contributed by atoms with van der Waals surface area (Å²) >= 11 is 0. The van der Waals surface area contributed by atoms with Crippen molar-refractivity contribution in [2.45, 2.75) is 6.10 Å². The summed E-state index contributed by atoms with van der Waals surface area (Å²) in [5.74, 6) is 0.545. The fourth-order valence-electron chi connectivity index (χ4n) is 2.28. The molecule has 1 fully saturated rings. The van der Waals surface area contributed by atoms with E-state index in [1.54, 1.807) is 6.20 Å². The molecule has 1 aromatic heterocycles. The number of carbonyl (C=O) groups is 1. The minimum absolute atomic E-state index is 0.167. The Labute approximate surface area is 128 Å². The summed E-state index contributed by atoms with van der Waals surface area (Å²) in [6.07, 6.45) is 1.21. The molecule has 116 valence electrons. The molecule has 1 aliphatic heterocycles. The van der Waals surface area contributed by atoms with Crippen molar-refractivity contribution in [3.8, 4) is 5.75 Å². The fraction of sp³-hybridized carbons (Fsp3) is 0.375. The molecule has 2 aromatic rings. The van der Waals surface area contributed by atoms with E-state index >= 15 is 0 Å². The van der Waals surface area contributed by atoms with Gasteiger partial charge < -0.3 is 19.5 Å². The van der Waals surface area contributed by atoms with Crippen molar-refractivity contribution in [1.82, 2.24) is 10.3 Å². The highest BCUT2D eigenvalue weighted by molar-refractivity contribution is 5.84. The third-order valence-corrected chi connectivity index (χ3v) is 3.36. The first-order chi connectivity index (χ1) is 10.8. The van der Waals surface area contributed by atoms with E-state index in [-0.39, 0.29) is 5.91 Å². The zero-order chi connectivity index (χ0) is 15.2. The van der Waals surface area contributed by atoms with Gasteiger partial charge in [0.2, 0.25) is 0 Å². The van der Waals surface area contributed by atoms with Crippen molar-refractivity contribution in [2.24, 2.45) is 0 Å². The van der Waals surface area contributed by atoms with Crippen LogP contribution in [0.2, 0.25) is 0 Å². The van der Waals surface area contributed by atoms with Gasteiger partial charge in [0.15, 0.2) is 6.10 Å². The van der Waals surface area contributed by atoms with Gasteiger partial charge in [-0.1, -0.05) is 18.2 Å². The van der Waals surface area contributed by atoms with E-state index in [0.29, 0.717) is 38.7 Å². The lowest BCUT2D eigenvalue weighted by atomic mass is 10.2. The van der Waals surface area contributed by atoms with Crippen LogP contribution in [0.3, 0.4) is 0 Å². The highest BCUT2D eigenvalue weighted by atomic mass is 16.6. The number of nitrogens with one attached hydrogen (secondary N) is 1. The summed E-state index contributed by atoms with van der Waals surface area (Å²) in [5.41, 5.74) is 0.820. The van der Waals surface area contributed by atoms with Crippen LogP contribution in [0.15, 0.2) is 36.5 Å². The zero-order valence-electron chi connectivity index (χ0n) is 12.2. The van der Waals surface area contributed by atoms with Crippen molar-refractivity contribution in [3.05, 3.63) is 36.5 Å². The van der Waals surface area contributed by atoms with Gasteiger partial charge in [-0.3, -0.25) is 9.78 Å².